The fourth-order valence-electron chi connectivity index (χ4n) is 10.8. The molecule has 59 heavy (non-hydrogen) atoms. The molecule has 1 saturated heterocycles. The Kier molecular flexibility index (Phi) is 11.8. The van der Waals surface area contributed by atoms with Gasteiger partial charge >= 0.3 is 13.8 Å². The van der Waals surface area contributed by atoms with E-state index in [1.807, 2.05) is 50.3 Å². The number of carbonyl (C=O) groups excluding carboxylic acids is 4. The maximum absolute atomic E-state index is 14.3. The number of allylic oxidation sites excluding steroid dienone is 4. The van der Waals surface area contributed by atoms with Crippen LogP contribution in [0.15, 0.2) is 72.3 Å². The van der Waals surface area contributed by atoms with Gasteiger partial charge in [0.2, 0.25) is 11.8 Å². The van der Waals surface area contributed by atoms with Gasteiger partial charge in [-0.25, -0.2) is 4.57 Å². The second-order valence-corrected chi connectivity index (χ2v) is 18.0. The Hall–Kier alpha value is -4.38. The summed E-state index contributed by atoms with van der Waals surface area (Å²) in [6.45, 7) is 2.68. The standard InChI is InChI=1S/C42H50N3O13P/c1-40-15-14-28(46)18-26(40)10-11-29-30-19-34-42(33(48)22-56-59(53,54)55,41(30,2)20-32(47)37(29)40)58-39(57-34)25-8-6-23(7-9-25)16-24-4-3-5-27(17-24)44-38(52)31(12-13-36(50)51)45-35(49)21-43/h3-9,14-15,17-18,29-32,34,37,39,47H,10-13,16,19-22,43H2,1-2H3,(H,44,52)(H,45,49)(H,50,51)(H2,53,54,55)/t29-,30-,31-,32-,34+,37+,39+,40-,41-,42+/m0/s1. The van der Waals surface area contributed by atoms with Gasteiger partial charge in [0.1, 0.15) is 12.6 Å². The average molecular weight is 836 g/mol. The third kappa shape index (κ3) is 8.12. The summed E-state index contributed by atoms with van der Waals surface area (Å²) in [6.07, 6.45) is 4.31. The summed E-state index contributed by atoms with van der Waals surface area (Å²) >= 11 is 0. The van der Waals surface area contributed by atoms with Crippen molar-refractivity contribution >= 4 is 42.9 Å². The van der Waals surface area contributed by atoms with Gasteiger partial charge in [-0.15, -0.1) is 0 Å². The first-order valence-corrected chi connectivity index (χ1v) is 21.3. The van der Waals surface area contributed by atoms with E-state index in [-0.39, 0.29) is 49.3 Å². The first-order valence-electron chi connectivity index (χ1n) is 19.8. The lowest BCUT2D eigenvalue weighted by Gasteiger charge is -2.59. The molecule has 1 heterocycles. The molecule has 7 rings (SSSR count). The molecule has 0 bridgehead atoms. The zero-order valence-electron chi connectivity index (χ0n) is 32.7. The van der Waals surface area contributed by atoms with Crippen molar-refractivity contribution in [2.75, 3.05) is 18.5 Å². The molecule has 4 fully saturated rings. The maximum Gasteiger partial charge on any atom is 0.470 e. The predicted molar refractivity (Wildman–Crippen MR) is 210 cm³/mol. The van der Waals surface area contributed by atoms with Crippen LogP contribution in [0.4, 0.5) is 5.69 Å². The number of phosphoric acid groups is 1. The van der Waals surface area contributed by atoms with Crippen molar-refractivity contribution in [2.45, 2.75) is 88.9 Å². The number of Topliss-reactive ketones (excluding diaryl/α,β-unsaturated/α-hetero) is 1. The fourth-order valence-corrected chi connectivity index (χ4v) is 11.1. The molecule has 16 nitrogen and oxygen atoms in total. The van der Waals surface area contributed by atoms with Gasteiger partial charge in [-0.3, -0.25) is 28.5 Å². The van der Waals surface area contributed by atoms with E-state index in [9.17, 15) is 43.4 Å². The molecule has 4 aliphatic carbocycles. The fraction of sp³-hybridized carbons (Fsp3) is 0.500. The number of hydrogen-bond donors (Lipinski definition) is 7. The van der Waals surface area contributed by atoms with Gasteiger partial charge in [0.25, 0.3) is 0 Å². The van der Waals surface area contributed by atoms with Crippen LogP contribution in [0.3, 0.4) is 0 Å². The van der Waals surface area contributed by atoms with Crippen molar-refractivity contribution < 1.29 is 62.5 Å². The first kappa shape index (κ1) is 42.7. The molecule has 8 N–H and O–H groups in total. The number of ether oxygens (including phenoxy) is 2. The zero-order valence-corrected chi connectivity index (χ0v) is 33.6. The Balaban J connectivity index is 1.09. The molecular formula is C42H50N3O13P. The van der Waals surface area contributed by atoms with Gasteiger partial charge in [0, 0.05) is 34.4 Å². The Bertz CT molecular complexity index is 2140. The first-order chi connectivity index (χ1) is 27.9. The predicted octanol–water partition coefficient (Wildman–Crippen LogP) is 3.24. The SMILES string of the molecule is C[C@]12C=CC(=O)C=C1CC[C@@H]1[C@@H]2[C@@H](O)C[C@@]2(C)[C@H]1C[C@H]1O[C@@H](c3ccc(Cc4cccc(NC(=O)[C@H](CCC(=O)O)NC(=O)CN)c4)cc3)O[C@]12C(=O)COP(=O)(O)O. The van der Waals surface area contributed by atoms with E-state index >= 15 is 0 Å². The Morgan fingerprint density at radius 1 is 1.08 bits per heavy atom. The summed E-state index contributed by atoms with van der Waals surface area (Å²) in [5.74, 6) is -3.48. The van der Waals surface area contributed by atoms with Crippen LogP contribution in [0.1, 0.15) is 75.4 Å². The van der Waals surface area contributed by atoms with Crippen LogP contribution in [-0.4, -0.2) is 86.4 Å². The third-order valence-electron chi connectivity index (χ3n) is 13.4. The quantitative estimate of drug-likeness (QED) is 0.135. The number of rotatable bonds is 14. The number of ketones is 2. The van der Waals surface area contributed by atoms with Crippen molar-refractivity contribution in [2.24, 2.45) is 34.3 Å². The van der Waals surface area contributed by atoms with E-state index in [1.165, 1.54) is 0 Å². The maximum atomic E-state index is 14.3. The van der Waals surface area contributed by atoms with Crippen LogP contribution in [0.5, 0.6) is 0 Å². The molecule has 316 valence electrons. The number of aliphatic hydroxyl groups is 1. The lowest BCUT2D eigenvalue weighted by Crippen LogP contribution is -2.63. The second-order valence-electron chi connectivity index (χ2n) is 16.8. The highest BCUT2D eigenvalue weighted by Crippen LogP contribution is 2.70. The van der Waals surface area contributed by atoms with Gasteiger partial charge in [0.15, 0.2) is 23.5 Å². The number of benzene rings is 2. The smallest absolute Gasteiger partial charge is 0.470 e. The topological polar surface area (TPSA) is 261 Å². The highest BCUT2D eigenvalue weighted by Gasteiger charge is 2.76. The number of hydrogen-bond acceptors (Lipinski definition) is 11. The van der Waals surface area contributed by atoms with E-state index in [4.69, 9.17) is 24.8 Å². The molecule has 10 atom stereocenters. The summed E-state index contributed by atoms with van der Waals surface area (Å²) in [7, 11) is -5.03. The highest BCUT2D eigenvalue weighted by atomic mass is 31.2. The lowest BCUT2D eigenvalue weighted by atomic mass is 9.46. The number of anilines is 1. The molecule has 5 aliphatic rings. The van der Waals surface area contributed by atoms with E-state index < -0.39 is 79.0 Å². The summed E-state index contributed by atoms with van der Waals surface area (Å²) in [4.78, 5) is 81.7. The Labute approximate surface area is 340 Å². The summed E-state index contributed by atoms with van der Waals surface area (Å²) in [5, 5.41) is 26.3. The molecule has 2 aromatic carbocycles. The molecule has 3 saturated carbocycles. The number of fused-ring (bicyclic) bond motifs is 7. The van der Waals surface area contributed by atoms with E-state index in [2.05, 4.69) is 10.6 Å². The molecule has 0 spiro atoms. The number of carboxylic acid groups (broad SMARTS) is 1. The number of carboxylic acids is 1. The number of phosphoric ester groups is 1. The summed E-state index contributed by atoms with van der Waals surface area (Å²) in [5.41, 5.74) is 5.88. The Morgan fingerprint density at radius 2 is 1.83 bits per heavy atom. The molecule has 17 heteroatoms. The number of nitrogens with one attached hydrogen (secondary N) is 2. The molecule has 2 amide bonds. The number of amides is 2. The largest absolute Gasteiger partial charge is 0.481 e. The molecule has 0 aromatic heterocycles. The molecule has 0 unspecified atom stereocenters. The van der Waals surface area contributed by atoms with Crippen molar-refractivity contribution in [3.05, 3.63) is 89.0 Å². The van der Waals surface area contributed by atoms with Gasteiger partial charge in [-0.05, 0) is 85.8 Å². The van der Waals surface area contributed by atoms with Crippen LogP contribution >= 0.6 is 7.82 Å². The van der Waals surface area contributed by atoms with Crippen LogP contribution in [-0.2, 0) is 49.0 Å². The average Bonchev–Trinajstić information content (AvgIpc) is 3.68. The molecule has 0 radical (unpaired) electrons. The highest BCUT2D eigenvalue weighted by molar-refractivity contribution is 7.46. The number of nitrogens with two attached hydrogens (primary N) is 1. The molecule has 2 aromatic rings. The number of aliphatic carboxylic acids is 1. The van der Waals surface area contributed by atoms with Crippen LogP contribution in [0, 0.1) is 28.6 Å². The van der Waals surface area contributed by atoms with E-state index in [0.717, 1.165) is 16.7 Å². The van der Waals surface area contributed by atoms with Crippen LogP contribution in [0.25, 0.3) is 0 Å². The minimum absolute atomic E-state index is 0.0612. The Morgan fingerprint density at radius 3 is 2.53 bits per heavy atom. The third-order valence-corrected chi connectivity index (χ3v) is 13.8. The monoisotopic (exact) mass is 835 g/mol. The van der Waals surface area contributed by atoms with Gasteiger partial charge < -0.3 is 45.8 Å². The van der Waals surface area contributed by atoms with Crippen molar-refractivity contribution in [3.8, 4) is 0 Å². The van der Waals surface area contributed by atoms with Crippen LogP contribution in [0.2, 0.25) is 0 Å². The van der Waals surface area contributed by atoms with E-state index in [1.54, 1.807) is 30.4 Å². The van der Waals surface area contributed by atoms with Gasteiger partial charge in [-0.2, -0.15) is 0 Å². The summed E-state index contributed by atoms with van der Waals surface area (Å²) in [6, 6.07) is 13.3. The van der Waals surface area contributed by atoms with Gasteiger partial charge in [0.05, 0.1) is 18.8 Å². The minimum Gasteiger partial charge on any atom is -0.481 e. The van der Waals surface area contributed by atoms with Crippen molar-refractivity contribution in [1.29, 1.82) is 0 Å². The van der Waals surface area contributed by atoms with Crippen molar-refractivity contribution in [3.63, 3.8) is 0 Å². The van der Waals surface area contributed by atoms with Gasteiger partial charge in [-0.1, -0.05) is 61.9 Å². The zero-order chi connectivity index (χ0) is 42.5. The van der Waals surface area contributed by atoms with Crippen LogP contribution < -0.4 is 16.4 Å². The number of carbonyl (C=O) groups is 5. The second kappa shape index (κ2) is 16.2. The van der Waals surface area contributed by atoms with E-state index in [0.29, 0.717) is 36.9 Å². The summed E-state index contributed by atoms with van der Waals surface area (Å²) < 4.78 is 29.9. The molecular weight excluding hydrogens is 785 g/mol. The molecule has 1 aliphatic heterocycles. The van der Waals surface area contributed by atoms with Crippen molar-refractivity contribution in [1.82, 2.24) is 5.32 Å². The normalized spacial score (nSPS) is 32.5. The number of aliphatic hydroxyl groups excluding tert-OH is 1. The lowest BCUT2D eigenvalue weighted by molar-refractivity contribution is -0.200. The minimum atomic E-state index is -5.03.